The third kappa shape index (κ3) is 3.85. The first-order valence-corrected chi connectivity index (χ1v) is 12.4. The maximum atomic E-state index is 11.1. The van der Waals surface area contributed by atoms with Crippen LogP contribution in [0.15, 0.2) is 41.1 Å². The molecule has 2 aliphatic carbocycles. The molecule has 34 heavy (non-hydrogen) atoms. The third-order valence-corrected chi connectivity index (χ3v) is 7.87. The summed E-state index contributed by atoms with van der Waals surface area (Å²) in [5.74, 6) is 1.28. The molecule has 176 valence electrons. The van der Waals surface area contributed by atoms with Crippen LogP contribution in [0.25, 0.3) is 11.3 Å². The van der Waals surface area contributed by atoms with Crippen molar-refractivity contribution >= 4 is 35.0 Å². The number of nitrogens with zero attached hydrogens (tertiary/aromatic N) is 3. The van der Waals surface area contributed by atoms with Crippen LogP contribution in [0.1, 0.15) is 59.7 Å². The Hall–Kier alpha value is -2.61. The van der Waals surface area contributed by atoms with Crippen molar-refractivity contribution in [2.75, 3.05) is 4.90 Å². The molecule has 2 unspecified atom stereocenters. The lowest BCUT2D eigenvalue weighted by atomic mass is 9.76. The zero-order chi connectivity index (χ0) is 23.4. The van der Waals surface area contributed by atoms with E-state index in [1.807, 2.05) is 24.3 Å². The summed E-state index contributed by atoms with van der Waals surface area (Å²) < 4.78 is 5.79. The van der Waals surface area contributed by atoms with Crippen LogP contribution < -0.4 is 10.2 Å². The van der Waals surface area contributed by atoms with Gasteiger partial charge in [0.1, 0.15) is 17.3 Å². The number of aromatic nitrogens is 2. The number of halogens is 2. The van der Waals surface area contributed by atoms with Crippen LogP contribution in [0.3, 0.4) is 0 Å². The molecule has 7 nitrogen and oxygen atoms in total. The predicted octanol–water partition coefficient (Wildman–Crippen LogP) is 5.52. The quantitative estimate of drug-likeness (QED) is 0.443. The molecule has 4 aliphatic rings. The fraction of sp³-hybridized carbons (Fsp3) is 0.400. The highest BCUT2D eigenvalue weighted by Gasteiger charge is 2.46. The summed E-state index contributed by atoms with van der Waals surface area (Å²) >= 11 is 13.0. The van der Waals surface area contributed by atoms with Gasteiger partial charge in [0.2, 0.25) is 0 Å². The SMILES string of the molecule is O=C(O)c1ccc(N2C3CC(NCc4c(-c5c(Cl)cccc5Cl)noc4C4CC4)CC2C3)nc1. The van der Waals surface area contributed by atoms with E-state index in [4.69, 9.17) is 32.8 Å². The normalized spacial score (nSPS) is 23.6. The summed E-state index contributed by atoms with van der Waals surface area (Å²) in [6.07, 6.45) is 6.83. The van der Waals surface area contributed by atoms with Crippen molar-refractivity contribution in [1.29, 1.82) is 0 Å². The number of fused-ring (bicyclic) bond motifs is 2. The van der Waals surface area contributed by atoms with E-state index < -0.39 is 5.97 Å². The van der Waals surface area contributed by atoms with Crippen LogP contribution in [0, 0.1) is 0 Å². The highest BCUT2D eigenvalue weighted by atomic mass is 35.5. The number of hydrogen-bond acceptors (Lipinski definition) is 6. The molecule has 0 spiro atoms. The first kappa shape index (κ1) is 21.9. The summed E-state index contributed by atoms with van der Waals surface area (Å²) in [4.78, 5) is 17.8. The average Bonchev–Trinajstić information content (AvgIpc) is 3.58. The van der Waals surface area contributed by atoms with Gasteiger partial charge in [-0.15, -0.1) is 0 Å². The van der Waals surface area contributed by atoms with Gasteiger partial charge in [0.15, 0.2) is 0 Å². The molecule has 2 aromatic heterocycles. The Morgan fingerprint density at radius 3 is 2.47 bits per heavy atom. The van der Waals surface area contributed by atoms with Gasteiger partial charge in [-0.25, -0.2) is 9.78 Å². The predicted molar refractivity (Wildman–Crippen MR) is 130 cm³/mol. The summed E-state index contributed by atoms with van der Waals surface area (Å²) in [6, 6.07) is 10.1. The molecule has 7 rings (SSSR count). The van der Waals surface area contributed by atoms with Gasteiger partial charge in [0.05, 0.1) is 15.6 Å². The van der Waals surface area contributed by atoms with Gasteiger partial charge in [-0.05, 0) is 56.4 Å². The standard InChI is InChI=1S/C25H24Cl2N4O3/c26-19-2-1-3-20(27)22(19)23-18(24(34-30-23)13-4-5-13)12-28-15-8-16-10-17(9-15)31(16)21-7-6-14(11-29-21)25(32)33/h1-3,6-7,11,13,15-17,28H,4-5,8-10,12H2,(H,32,33). The van der Waals surface area contributed by atoms with E-state index in [-0.39, 0.29) is 5.56 Å². The van der Waals surface area contributed by atoms with Crippen molar-refractivity contribution in [3.8, 4) is 11.3 Å². The van der Waals surface area contributed by atoms with E-state index in [0.717, 1.165) is 60.5 Å². The van der Waals surface area contributed by atoms with Gasteiger partial charge in [0.25, 0.3) is 0 Å². The Morgan fingerprint density at radius 1 is 1.12 bits per heavy atom. The van der Waals surface area contributed by atoms with E-state index in [9.17, 15) is 4.79 Å². The van der Waals surface area contributed by atoms with E-state index in [1.165, 1.54) is 6.20 Å². The van der Waals surface area contributed by atoms with Crippen LogP contribution >= 0.6 is 23.2 Å². The van der Waals surface area contributed by atoms with Crippen molar-refractivity contribution in [2.45, 2.75) is 62.7 Å². The minimum absolute atomic E-state index is 0.212. The topological polar surface area (TPSA) is 91.5 Å². The fourth-order valence-corrected chi connectivity index (χ4v) is 5.98. The van der Waals surface area contributed by atoms with Crippen molar-refractivity contribution in [1.82, 2.24) is 15.5 Å². The van der Waals surface area contributed by atoms with Gasteiger partial charge < -0.3 is 19.8 Å². The zero-order valence-electron chi connectivity index (χ0n) is 18.4. The van der Waals surface area contributed by atoms with Crippen molar-refractivity contribution in [3.63, 3.8) is 0 Å². The zero-order valence-corrected chi connectivity index (χ0v) is 19.9. The molecule has 0 radical (unpaired) electrons. The second-order valence-corrected chi connectivity index (χ2v) is 10.3. The summed E-state index contributed by atoms with van der Waals surface area (Å²) in [5, 5.41) is 18.4. The van der Waals surface area contributed by atoms with Gasteiger partial charge in [-0.1, -0.05) is 34.4 Å². The largest absolute Gasteiger partial charge is 0.478 e. The lowest BCUT2D eigenvalue weighted by molar-refractivity contribution is 0.0696. The molecule has 2 saturated carbocycles. The smallest absolute Gasteiger partial charge is 0.337 e. The van der Waals surface area contributed by atoms with E-state index in [1.54, 1.807) is 6.07 Å². The van der Waals surface area contributed by atoms with E-state index >= 15 is 0 Å². The molecule has 2 aliphatic heterocycles. The number of carbonyl (C=O) groups is 1. The van der Waals surface area contributed by atoms with Crippen LogP contribution in [0.4, 0.5) is 5.82 Å². The third-order valence-electron chi connectivity index (χ3n) is 7.24. The second kappa shape index (κ2) is 8.56. The van der Waals surface area contributed by atoms with Gasteiger partial charge >= 0.3 is 5.97 Å². The van der Waals surface area contributed by atoms with Crippen molar-refractivity contribution < 1.29 is 14.4 Å². The molecule has 2 saturated heterocycles. The Balaban J connectivity index is 1.17. The Kier molecular flexibility index (Phi) is 5.51. The number of piperidine rings is 1. The summed E-state index contributed by atoms with van der Waals surface area (Å²) in [7, 11) is 0. The molecule has 0 amide bonds. The minimum atomic E-state index is -0.955. The van der Waals surface area contributed by atoms with Gasteiger partial charge in [-0.2, -0.15) is 0 Å². The maximum Gasteiger partial charge on any atom is 0.337 e. The molecule has 3 aromatic rings. The summed E-state index contributed by atoms with van der Waals surface area (Å²) in [6.45, 7) is 0.655. The van der Waals surface area contributed by atoms with Gasteiger partial charge in [-0.3, -0.25) is 0 Å². The molecule has 2 bridgehead atoms. The fourth-order valence-electron chi connectivity index (χ4n) is 5.41. The number of carboxylic acids is 1. The molecule has 4 fully saturated rings. The Bertz CT molecular complexity index is 1210. The van der Waals surface area contributed by atoms with E-state index in [0.29, 0.717) is 40.6 Å². The number of anilines is 1. The van der Waals surface area contributed by atoms with Crippen molar-refractivity contribution in [3.05, 3.63) is 63.5 Å². The molecular formula is C25H24Cl2N4O3. The van der Waals surface area contributed by atoms with Crippen LogP contribution in [0.2, 0.25) is 10.0 Å². The number of benzene rings is 1. The highest BCUT2D eigenvalue weighted by molar-refractivity contribution is 6.39. The lowest BCUT2D eigenvalue weighted by Gasteiger charge is -2.56. The molecular weight excluding hydrogens is 475 g/mol. The Labute approximate surface area is 207 Å². The number of nitrogens with one attached hydrogen (secondary N) is 1. The van der Waals surface area contributed by atoms with Crippen LogP contribution in [-0.4, -0.2) is 39.3 Å². The van der Waals surface area contributed by atoms with Crippen molar-refractivity contribution in [2.24, 2.45) is 0 Å². The second-order valence-electron chi connectivity index (χ2n) is 9.45. The van der Waals surface area contributed by atoms with Crippen LogP contribution in [-0.2, 0) is 6.54 Å². The van der Waals surface area contributed by atoms with Gasteiger partial charge in [0, 0.05) is 47.9 Å². The number of carboxylic acid groups (broad SMARTS) is 1. The monoisotopic (exact) mass is 498 g/mol. The molecule has 9 heteroatoms. The lowest BCUT2D eigenvalue weighted by Crippen LogP contribution is -2.64. The molecule has 4 heterocycles. The number of rotatable bonds is 7. The maximum absolute atomic E-state index is 11.1. The van der Waals surface area contributed by atoms with E-state index in [2.05, 4.69) is 20.4 Å². The molecule has 2 N–H and O–H groups in total. The molecule has 2 atom stereocenters. The summed E-state index contributed by atoms with van der Waals surface area (Å²) in [5.41, 5.74) is 2.73. The highest BCUT2D eigenvalue weighted by Crippen LogP contribution is 2.46. The number of aromatic carboxylic acids is 1. The minimum Gasteiger partial charge on any atom is -0.478 e. The average molecular weight is 499 g/mol. The first-order chi connectivity index (χ1) is 16.5. The number of pyridine rings is 1. The van der Waals surface area contributed by atoms with Crippen LogP contribution in [0.5, 0.6) is 0 Å². The first-order valence-electron chi connectivity index (χ1n) is 11.6. The molecule has 1 aromatic carbocycles. The number of hydrogen-bond donors (Lipinski definition) is 2. The Morgan fingerprint density at radius 2 is 1.85 bits per heavy atom.